The summed E-state index contributed by atoms with van der Waals surface area (Å²) in [6, 6.07) is 10.4. The average molecular weight is 1240 g/mol. The first-order valence-corrected chi connectivity index (χ1v) is 31.7. The zero-order valence-corrected chi connectivity index (χ0v) is 51.9. The van der Waals surface area contributed by atoms with Crippen LogP contribution in [-0.4, -0.2) is 127 Å². The molecule has 0 bridgehead atoms. The van der Waals surface area contributed by atoms with Crippen molar-refractivity contribution in [2.45, 2.75) is 192 Å². The Morgan fingerprint density at radius 2 is 1.62 bits per heavy atom. The molecule has 0 radical (unpaired) electrons. The van der Waals surface area contributed by atoms with Gasteiger partial charge in [-0.05, 0) is 154 Å². The van der Waals surface area contributed by atoms with Crippen LogP contribution in [0.15, 0.2) is 72.3 Å². The number of ketones is 3. The molecule has 484 valence electrons. The molecule has 6 aliphatic rings. The van der Waals surface area contributed by atoms with Gasteiger partial charge in [-0.3, -0.25) is 34.1 Å². The number of nitrogens with one attached hydrogen (secondary N) is 5. The van der Waals surface area contributed by atoms with Crippen LogP contribution in [0.25, 0.3) is 0 Å². The molecule has 0 spiro atoms. The van der Waals surface area contributed by atoms with E-state index in [1.165, 1.54) is 12.2 Å². The fraction of sp³-hybridized carbons (Fsp3) is 0.612. The summed E-state index contributed by atoms with van der Waals surface area (Å²) in [6.45, 7) is 9.39. The average Bonchev–Trinajstić information content (AvgIpc) is 1.56. The molecule has 3 unspecified atom stereocenters. The molecule has 1 heterocycles. The molecule has 0 aromatic heterocycles. The number of anilines is 2. The third-order valence-electron chi connectivity index (χ3n) is 19.0. The summed E-state index contributed by atoms with van der Waals surface area (Å²) >= 11 is 0. The number of alkyl halides is 1. The second-order valence-electron chi connectivity index (χ2n) is 25.6. The molecule has 6 amide bonds. The number of primary amides is 1. The fourth-order valence-electron chi connectivity index (χ4n) is 14.5. The predicted molar refractivity (Wildman–Crippen MR) is 329 cm³/mol. The Kier molecular flexibility index (Phi) is 23.4. The number of hydrogen-bond donors (Lipinski definition) is 8. The molecule has 1 saturated heterocycles. The van der Waals surface area contributed by atoms with Crippen LogP contribution in [0.3, 0.4) is 0 Å². The third kappa shape index (κ3) is 16.5. The van der Waals surface area contributed by atoms with Crippen LogP contribution < -0.4 is 42.8 Å². The first kappa shape index (κ1) is 67.9. The van der Waals surface area contributed by atoms with E-state index in [1.807, 2.05) is 20.8 Å². The maximum absolute atomic E-state index is 16.1. The van der Waals surface area contributed by atoms with Crippen LogP contribution in [-0.2, 0) is 54.3 Å². The second-order valence-corrected chi connectivity index (χ2v) is 25.6. The number of fused-ring (bicyclic) bond motifs is 7. The number of carbonyl (C=O) groups excluding carboxylic acids is 8. The molecule has 4 fully saturated rings. The van der Waals surface area contributed by atoms with Crippen molar-refractivity contribution in [3.63, 3.8) is 0 Å². The number of halogens is 1. The van der Waals surface area contributed by atoms with Gasteiger partial charge in [-0.2, -0.15) is 0 Å². The lowest BCUT2D eigenvalue weighted by Gasteiger charge is -2.60. The number of benzene rings is 2. The Hall–Kier alpha value is -7.03. The smallest absolute Gasteiger partial charge is 0.411 e. The SMILES string of the molecule is CCCC1O[C@@H]2C[C@H]3[C@@H]4C[C@H](F)C5=CC(=O)C=C[C@]5(C)C4[C@@H](O)C[C@]3(C)[C@]2(C(=O)COc2ccc(NC(=O)OCc3ccc(NC(=O)[C@H](CCCNC(N)=O)CC(=O)[C@@H](NC(=O)[C@H](N)CCCCNC(=O)COC4C#CCCCCC4)C(C)C)cc3)cc2)O1. The highest BCUT2D eigenvalue weighted by atomic mass is 19.1. The Bertz CT molecular complexity index is 3000. The zero-order valence-electron chi connectivity index (χ0n) is 51.9. The van der Waals surface area contributed by atoms with Gasteiger partial charge in [0.2, 0.25) is 23.5 Å². The summed E-state index contributed by atoms with van der Waals surface area (Å²) in [5, 5.41) is 25.7. The Balaban J connectivity index is 0.788. The lowest BCUT2D eigenvalue weighted by atomic mass is 9.46. The minimum absolute atomic E-state index is 0.0785. The number of ether oxygens (including phenoxy) is 5. The molecular weight excluding hydrogens is 1150 g/mol. The van der Waals surface area contributed by atoms with Crippen molar-refractivity contribution < 1.29 is 71.5 Å². The summed E-state index contributed by atoms with van der Waals surface area (Å²) in [4.78, 5) is 105. The van der Waals surface area contributed by atoms with Crippen LogP contribution in [0.1, 0.15) is 143 Å². The molecule has 3 saturated carbocycles. The molecule has 1 aliphatic heterocycles. The number of carbonyl (C=O) groups is 8. The van der Waals surface area contributed by atoms with Gasteiger partial charge in [0.1, 0.15) is 37.8 Å². The van der Waals surface area contributed by atoms with Crippen molar-refractivity contribution >= 4 is 58.6 Å². The van der Waals surface area contributed by atoms with E-state index in [2.05, 4.69) is 38.4 Å². The topological polar surface area (TPSA) is 315 Å². The van der Waals surface area contributed by atoms with E-state index in [0.717, 1.165) is 38.5 Å². The van der Waals surface area contributed by atoms with Crippen molar-refractivity contribution in [1.82, 2.24) is 16.0 Å². The lowest BCUT2D eigenvalue weighted by Crippen LogP contribution is -2.64. The van der Waals surface area contributed by atoms with Gasteiger partial charge in [0.25, 0.3) is 0 Å². The van der Waals surface area contributed by atoms with E-state index in [-0.39, 0.29) is 105 Å². The molecule has 5 aliphatic carbocycles. The molecule has 2 aromatic rings. The maximum atomic E-state index is 16.1. The van der Waals surface area contributed by atoms with Crippen LogP contribution in [0.4, 0.5) is 25.4 Å². The quantitative estimate of drug-likeness (QED) is 0.0288. The minimum atomic E-state index is -1.47. The molecule has 21 nitrogen and oxygen atoms in total. The van der Waals surface area contributed by atoms with E-state index in [0.29, 0.717) is 73.3 Å². The van der Waals surface area contributed by atoms with Gasteiger partial charge in [0.05, 0.1) is 24.3 Å². The largest absolute Gasteiger partial charge is 0.486 e. The van der Waals surface area contributed by atoms with Crippen molar-refractivity contribution in [3.8, 4) is 17.6 Å². The van der Waals surface area contributed by atoms with Crippen molar-refractivity contribution in [2.75, 3.05) is 36.9 Å². The summed E-state index contributed by atoms with van der Waals surface area (Å²) in [7, 11) is 0. The summed E-state index contributed by atoms with van der Waals surface area (Å²) in [5.74, 6) is 2.22. The summed E-state index contributed by atoms with van der Waals surface area (Å²) < 4.78 is 46.7. The van der Waals surface area contributed by atoms with E-state index in [4.69, 9.17) is 35.2 Å². The zero-order chi connectivity index (χ0) is 64.0. The summed E-state index contributed by atoms with van der Waals surface area (Å²) in [5.41, 5.74) is 10.0. The van der Waals surface area contributed by atoms with Crippen LogP contribution in [0.5, 0.6) is 5.75 Å². The number of aliphatic hydroxyl groups is 1. The number of hydrogen-bond acceptors (Lipinski definition) is 15. The molecule has 8 rings (SSSR count). The van der Waals surface area contributed by atoms with E-state index in [9.17, 15) is 43.5 Å². The Labute approximate surface area is 520 Å². The first-order valence-electron chi connectivity index (χ1n) is 31.7. The Morgan fingerprint density at radius 3 is 2.35 bits per heavy atom. The highest BCUT2D eigenvalue weighted by Crippen LogP contribution is 2.70. The van der Waals surface area contributed by atoms with Crippen LogP contribution >= 0.6 is 0 Å². The monoisotopic (exact) mass is 1240 g/mol. The van der Waals surface area contributed by atoms with Gasteiger partial charge in [0.15, 0.2) is 23.5 Å². The van der Waals surface area contributed by atoms with E-state index in [1.54, 1.807) is 68.5 Å². The second kappa shape index (κ2) is 30.7. The van der Waals surface area contributed by atoms with Crippen LogP contribution in [0, 0.1) is 52.3 Å². The first-order chi connectivity index (χ1) is 42.5. The van der Waals surface area contributed by atoms with Crippen molar-refractivity contribution in [3.05, 3.63) is 77.9 Å². The van der Waals surface area contributed by atoms with Gasteiger partial charge in [0, 0.05) is 60.0 Å². The number of urea groups is 1. The number of aliphatic hydroxyl groups excluding tert-OH is 1. The van der Waals surface area contributed by atoms with Crippen molar-refractivity contribution in [2.24, 2.45) is 51.9 Å². The maximum Gasteiger partial charge on any atom is 0.411 e. The lowest BCUT2D eigenvalue weighted by molar-refractivity contribution is -0.202. The third-order valence-corrected chi connectivity index (χ3v) is 19.0. The number of amides is 6. The van der Waals surface area contributed by atoms with Gasteiger partial charge < -0.3 is 61.5 Å². The number of unbranched alkanes of at least 4 members (excludes halogenated alkanes) is 1. The molecule has 22 heteroatoms. The molecule has 2 aromatic carbocycles. The normalized spacial score (nSPS) is 28.5. The number of rotatable bonds is 29. The standard InChI is InChI=1S/C67H90FN7O14/c1-6-15-58-88-56-35-49-48-34-51(68)50-33-45(76)28-29-65(50,4)59(48)54(78)36-66(49,5)67(56,89-58)55(79)38-85-47-26-24-44(25-27-47)74-64(84)87-37-41-20-22-43(23-21-41)73-61(81)42(16-14-31-72-63(70)83)32-53(77)60(40(2)3)75-62(82)52(69)19-12-13-30-71-57(80)39-86-46-17-10-8-7-9-11-18-46/h20-29,33,40,42,46,48-49,51-52,54,56,58-60,78H,6-10,12-17,19,30-32,34-39,69H2,1-5H3,(H,71,80)(H,73,81)(H,74,84)(H,75,82)(H3,70,72,83)/t42-,46?,48+,49+,51+,52-,54+,56-,58?,59?,60+,65+,66+,67-/m1/s1. The Morgan fingerprint density at radius 1 is 0.888 bits per heavy atom. The molecule has 89 heavy (non-hydrogen) atoms. The van der Waals surface area contributed by atoms with Gasteiger partial charge in [-0.25, -0.2) is 14.0 Å². The molecular formula is C67H90FN7O14. The highest BCUT2D eigenvalue weighted by molar-refractivity contribution is 6.01. The summed E-state index contributed by atoms with van der Waals surface area (Å²) in [6.07, 6.45) is 8.63. The minimum Gasteiger partial charge on any atom is -0.486 e. The number of allylic oxidation sites excluding steroid dienone is 4. The number of nitrogens with two attached hydrogens (primary N) is 2. The van der Waals surface area contributed by atoms with Gasteiger partial charge in [-0.15, -0.1) is 5.92 Å². The van der Waals surface area contributed by atoms with E-state index >= 15 is 4.39 Å². The van der Waals surface area contributed by atoms with Gasteiger partial charge >= 0.3 is 12.1 Å². The molecule has 10 N–H and O–H groups in total. The number of Topliss-reactive ketones (excluding diaryl/α,β-unsaturated/α-hetero) is 2. The van der Waals surface area contributed by atoms with Crippen LogP contribution in [0.2, 0.25) is 0 Å². The fourth-order valence-corrected chi connectivity index (χ4v) is 14.5. The van der Waals surface area contributed by atoms with E-state index < -0.39 is 83.0 Å². The predicted octanol–water partition coefficient (Wildman–Crippen LogP) is 7.57. The van der Waals surface area contributed by atoms with Crippen molar-refractivity contribution in [1.29, 1.82) is 0 Å². The molecule has 14 atom stereocenters. The highest BCUT2D eigenvalue weighted by Gasteiger charge is 2.76. The van der Waals surface area contributed by atoms with Gasteiger partial charge in [-0.1, -0.05) is 71.6 Å².